The van der Waals surface area contributed by atoms with E-state index < -0.39 is 0 Å². The predicted octanol–water partition coefficient (Wildman–Crippen LogP) is 20.5. The molecule has 15 aromatic carbocycles. The average Bonchev–Trinajstić information content (AvgIpc) is 0.692. The summed E-state index contributed by atoms with van der Waals surface area (Å²) in [7, 11) is 0. The van der Waals surface area contributed by atoms with Gasteiger partial charge in [-0.25, -0.2) is 0 Å². The molecule has 0 atom stereocenters. The van der Waals surface area contributed by atoms with Gasteiger partial charge in [0.05, 0.1) is 11.4 Å². The van der Waals surface area contributed by atoms with Crippen LogP contribution in [0.15, 0.2) is 374 Å². The highest BCUT2D eigenvalue weighted by atomic mass is 32.2. The minimum Gasteiger partial charge on any atom is -0.458 e. The number of para-hydroxylation sites is 6. The molecule has 4 heterocycles. The maximum atomic E-state index is 7.42. The molecule has 0 unspecified atom stereocenters. The Morgan fingerprint density at radius 3 is 1.26 bits per heavy atom. The Balaban J connectivity index is 0.887. The molecule has 4 aliphatic rings. The fourth-order valence-electron chi connectivity index (χ4n) is 15.6. The second-order valence-corrected chi connectivity index (χ2v) is 26.6. The van der Waals surface area contributed by atoms with Crippen LogP contribution >= 0.6 is 11.8 Å². The minimum absolute atomic E-state index is 0.135. The monoisotopic (exact) mass is 1270 g/mol. The lowest BCUT2D eigenvalue weighted by Crippen LogP contribution is -2.63. The highest BCUT2D eigenvalue weighted by Crippen LogP contribution is 2.53. The summed E-state index contributed by atoms with van der Waals surface area (Å²) in [6.07, 6.45) is 0. The summed E-state index contributed by atoms with van der Waals surface area (Å²) in [4.78, 5) is 12.4. The molecule has 0 amide bonds. The van der Waals surface area contributed by atoms with Crippen molar-refractivity contribution in [2.45, 2.75) is 9.79 Å². The van der Waals surface area contributed by atoms with Crippen LogP contribution < -0.4 is 57.1 Å². The number of fused-ring (bicyclic) bond motifs is 8. The van der Waals surface area contributed by atoms with Crippen LogP contribution in [0.3, 0.4) is 0 Å². The van der Waals surface area contributed by atoms with E-state index in [1.807, 2.05) is 11.8 Å². The van der Waals surface area contributed by atoms with Crippen molar-refractivity contribution in [3.63, 3.8) is 0 Å². The van der Waals surface area contributed by atoms with Crippen molar-refractivity contribution in [2.24, 2.45) is 0 Å². The third-order valence-electron chi connectivity index (χ3n) is 19.9. The molecule has 0 aliphatic carbocycles. The molecule has 5 nitrogen and oxygen atoms in total. The zero-order chi connectivity index (χ0) is 64.6. The van der Waals surface area contributed by atoms with E-state index in [9.17, 15) is 0 Å². The second kappa shape index (κ2) is 23.9. The van der Waals surface area contributed by atoms with E-state index in [-0.39, 0.29) is 13.4 Å². The number of benzene rings is 15. The Hall–Kier alpha value is -12.2. The van der Waals surface area contributed by atoms with Gasteiger partial charge in [0.2, 0.25) is 6.71 Å². The molecule has 0 spiro atoms. The van der Waals surface area contributed by atoms with E-state index in [1.165, 1.54) is 53.9 Å². The molecule has 15 aromatic rings. The Morgan fingerprint density at radius 2 is 0.694 bits per heavy atom. The first kappa shape index (κ1) is 57.2. The summed E-state index contributed by atoms with van der Waals surface area (Å²) in [5.41, 5.74) is 29.5. The van der Waals surface area contributed by atoms with Crippen LogP contribution in [0.5, 0.6) is 11.5 Å². The Labute approximate surface area is 576 Å². The Morgan fingerprint density at radius 1 is 0.255 bits per heavy atom. The van der Waals surface area contributed by atoms with Crippen LogP contribution in [0.1, 0.15) is 0 Å². The van der Waals surface area contributed by atoms with Crippen molar-refractivity contribution in [1.29, 1.82) is 0 Å². The van der Waals surface area contributed by atoms with Crippen molar-refractivity contribution < 1.29 is 4.74 Å². The van der Waals surface area contributed by atoms with Gasteiger partial charge in [0.1, 0.15) is 11.5 Å². The van der Waals surface area contributed by atoms with Crippen LogP contribution in [-0.2, 0) is 0 Å². The van der Waals surface area contributed by atoms with Crippen LogP contribution in [0, 0.1) is 0 Å². The molecular formula is C90H60B2N4OS. The largest absolute Gasteiger partial charge is 0.458 e. The van der Waals surface area contributed by atoms with Crippen LogP contribution in [0.4, 0.5) is 68.2 Å². The molecule has 0 radical (unpaired) electrons. The second-order valence-electron chi connectivity index (χ2n) is 25.5. The first-order valence-corrected chi connectivity index (χ1v) is 34.4. The number of nitrogens with zero attached hydrogens (tertiary/aromatic N) is 4. The third kappa shape index (κ3) is 9.66. The van der Waals surface area contributed by atoms with Gasteiger partial charge in [-0.1, -0.05) is 278 Å². The van der Waals surface area contributed by atoms with Crippen molar-refractivity contribution in [2.75, 3.05) is 19.6 Å². The molecule has 19 rings (SSSR count). The van der Waals surface area contributed by atoms with Gasteiger partial charge < -0.3 is 24.3 Å². The molecule has 0 saturated carbocycles. The zero-order valence-corrected chi connectivity index (χ0v) is 54.2. The van der Waals surface area contributed by atoms with E-state index in [2.05, 4.69) is 384 Å². The fourth-order valence-corrected chi connectivity index (χ4v) is 16.8. The normalized spacial score (nSPS) is 12.7. The molecule has 4 aliphatic heterocycles. The highest BCUT2D eigenvalue weighted by molar-refractivity contribution is 8.00. The maximum Gasteiger partial charge on any atom is 0.256 e. The predicted molar refractivity (Wildman–Crippen MR) is 413 cm³/mol. The summed E-state index contributed by atoms with van der Waals surface area (Å²) in [6.45, 7) is -0.339. The SMILES string of the molecule is c1ccc(-c2ccc(N(c3ccc(-c4ccccc4)cc3)c3cc4c5c(c3)N(c3ccccc3)c3ccccc3B5c3cc5c(cc3S4)N(c3c(-c4ccccc4)cccc3-c3ccccc3)c3cc(N(c4ccccc4)c4ccccc4)cc4c3B5c3ccccc3O4)cc2)cc1. The van der Waals surface area contributed by atoms with Crippen molar-refractivity contribution in [1.82, 2.24) is 0 Å². The van der Waals surface area contributed by atoms with Crippen molar-refractivity contribution >= 4 is 126 Å². The van der Waals surface area contributed by atoms with Gasteiger partial charge in [0.25, 0.3) is 6.71 Å². The van der Waals surface area contributed by atoms with E-state index in [0.717, 1.165) is 113 Å². The molecule has 458 valence electrons. The molecule has 98 heavy (non-hydrogen) atoms. The molecule has 0 fully saturated rings. The summed E-state index contributed by atoms with van der Waals surface area (Å²) in [5, 5.41) is 0. The van der Waals surface area contributed by atoms with Crippen molar-refractivity contribution in [3.8, 4) is 56.0 Å². The first-order valence-electron chi connectivity index (χ1n) is 33.6. The van der Waals surface area contributed by atoms with Gasteiger partial charge in [-0.15, -0.1) is 0 Å². The number of hydrogen-bond acceptors (Lipinski definition) is 6. The minimum atomic E-state index is -0.204. The smallest absolute Gasteiger partial charge is 0.256 e. The van der Waals surface area contributed by atoms with E-state index in [0.29, 0.717) is 0 Å². The number of ether oxygens (including phenoxy) is 1. The quantitative estimate of drug-likeness (QED) is 0.113. The Kier molecular flexibility index (Phi) is 14.0. The standard InChI is InChI=1S/C90H60B2N4OS/c1-8-27-61(28-9-1)63-47-51-70(52-48-63)94(71-53-49-64(50-54-71)62-29-10-2-11-30-62)73-56-83-89-87(58-73)98-86-60-81-78(59-79(86)91(89)76-43-22-24-45-80(76)95(83)69-39-20-7-21-40-69)92-77-44-23-25-46-84(77)97-85-57-72(93(67-35-16-5-17-36-67)68-37-18-6-19-38-68)55-82(88(85)92)96(81)90-74(65-31-12-3-13-32-65)41-26-42-75(90)66-33-14-4-15-34-66/h1-60H. The van der Waals surface area contributed by atoms with Gasteiger partial charge in [0, 0.05) is 83.9 Å². The van der Waals surface area contributed by atoms with Gasteiger partial charge in [-0.2, -0.15) is 0 Å². The zero-order valence-electron chi connectivity index (χ0n) is 53.4. The summed E-state index contributed by atoms with van der Waals surface area (Å²) < 4.78 is 7.42. The van der Waals surface area contributed by atoms with Crippen LogP contribution in [-0.4, -0.2) is 13.4 Å². The summed E-state index contributed by atoms with van der Waals surface area (Å²) in [5.74, 6) is 1.69. The number of hydrogen-bond donors (Lipinski definition) is 0. The fraction of sp³-hybridized carbons (Fsp3) is 0. The Bertz CT molecular complexity index is 5340. The molecular weight excluding hydrogens is 1210 g/mol. The van der Waals surface area contributed by atoms with Gasteiger partial charge in [0.15, 0.2) is 0 Å². The van der Waals surface area contributed by atoms with E-state index >= 15 is 0 Å². The summed E-state index contributed by atoms with van der Waals surface area (Å²) in [6, 6.07) is 133. The van der Waals surface area contributed by atoms with E-state index in [4.69, 9.17) is 4.74 Å². The lowest BCUT2D eigenvalue weighted by Gasteiger charge is -2.44. The van der Waals surface area contributed by atoms with E-state index in [1.54, 1.807) is 0 Å². The lowest BCUT2D eigenvalue weighted by molar-refractivity contribution is 0.487. The summed E-state index contributed by atoms with van der Waals surface area (Å²) >= 11 is 1.90. The van der Waals surface area contributed by atoms with Crippen molar-refractivity contribution in [3.05, 3.63) is 364 Å². The number of anilines is 12. The lowest BCUT2D eigenvalue weighted by atomic mass is 9.31. The molecule has 8 heteroatoms. The molecule has 0 N–H and O–H groups in total. The third-order valence-corrected chi connectivity index (χ3v) is 21.0. The topological polar surface area (TPSA) is 22.2 Å². The van der Waals surface area contributed by atoms with Crippen LogP contribution in [0.25, 0.3) is 44.5 Å². The first-order chi connectivity index (χ1) is 48.6. The maximum absolute atomic E-state index is 7.42. The number of rotatable bonds is 12. The molecule has 0 bridgehead atoms. The van der Waals surface area contributed by atoms with Gasteiger partial charge >= 0.3 is 0 Å². The van der Waals surface area contributed by atoms with Gasteiger partial charge in [-0.3, -0.25) is 0 Å². The molecule has 0 aromatic heterocycles. The average molecular weight is 1270 g/mol. The van der Waals surface area contributed by atoms with Crippen LogP contribution in [0.2, 0.25) is 0 Å². The molecule has 0 saturated heterocycles. The highest BCUT2D eigenvalue weighted by Gasteiger charge is 2.47. The van der Waals surface area contributed by atoms with Gasteiger partial charge in [-0.05, 0) is 158 Å².